The van der Waals surface area contributed by atoms with Crippen LogP contribution >= 0.6 is 23.2 Å². The third-order valence-corrected chi connectivity index (χ3v) is 5.35. The van der Waals surface area contributed by atoms with Crippen LogP contribution in [0.3, 0.4) is 0 Å². The summed E-state index contributed by atoms with van der Waals surface area (Å²) in [5.74, 6) is 0. The van der Waals surface area contributed by atoms with Crippen LogP contribution in [-0.4, -0.2) is 6.54 Å². The van der Waals surface area contributed by atoms with Gasteiger partial charge in [0.05, 0.1) is 0 Å². The second-order valence-corrected chi connectivity index (χ2v) is 6.60. The van der Waals surface area contributed by atoms with Crippen LogP contribution in [-0.2, 0) is 5.41 Å². The smallest absolute Gasteiger partial charge is 0.0459 e. The summed E-state index contributed by atoms with van der Waals surface area (Å²) in [6.07, 6.45) is 6.42. The first-order valence-corrected chi connectivity index (χ1v) is 7.01. The Balaban J connectivity index is 1.96. The van der Waals surface area contributed by atoms with Gasteiger partial charge < -0.3 is 5.73 Å². The van der Waals surface area contributed by atoms with Crippen molar-refractivity contribution in [2.75, 3.05) is 6.54 Å². The summed E-state index contributed by atoms with van der Waals surface area (Å²) in [6.45, 7) is 0.651. The predicted octanol–water partition coefficient (Wildman–Crippen LogP) is 4.15. The van der Waals surface area contributed by atoms with E-state index in [1.807, 2.05) is 18.2 Å². The van der Waals surface area contributed by atoms with Crippen LogP contribution in [0.2, 0.25) is 10.0 Å². The van der Waals surface area contributed by atoms with Crippen molar-refractivity contribution in [2.45, 2.75) is 37.5 Å². The fourth-order valence-corrected chi connectivity index (χ4v) is 4.64. The maximum atomic E-state index is 6.32. The second-order valence-electron chi connectivity index (χ2n) is 5.79. The van der Waals surface area contributed by atoms with Gasteiger partial charge >= 0.3 is 0 Å². The first kappa shape index (κ1) is 11.8. The molecule has 2 fully saturated rings. The minimum Gasteiger partial charge on any atom is -0.330 e. The largest absolute Gasteiger partial charge is 0.330 e. The maximum absolute atomic E-state index is 6.32. The fourth-order valence-electron chi connectivity index (χ4n) is 3.84. The third kappa shape index (κ3) is 1.63. The van der Waals surface area contributed by atoms with Crippen LogP contribution in [0.1, 0.15) is 37.7 Å². The molecule has 2 aliphatic carbocycles. The molecule has 1 aromatic rings. The van der Waals surface area contributed by atoms with Gasteiger partial charge in [-0.05, 0) is 48.8 Å². The maximum Gasteiger partial charge on any atom is 0.0459 e. The van der Waals surface area contributed by atoms with E-state index in [-0.39, 0.29) is 5.41 Å². The highest BCUT2D eigenvalue weighted by atomic mass is 35.5. The van der Waals surface area contributed by atoms with Crippen molar-refractivity contribution in [1.82, 2.24) is 0 Å². The molecular weight excluding hydrogens is 253 g/mol. The van der Waals surface area contributed by atoms with E-state index in [1.165, 1.54) is 32.1 Å². The Bertz CT molecular complexity index is 423. The summed E-state index contributed by atoms with van der Waals surface area (Å²) in [6, 6.07) is 5.74. The number of halogens is 2. The molecule has 1 nitrogen and oxygen atoms in total. The molecule has 2 aliphatic rings. The van der Waals surface area contributed by atoms with Crippen LogP contribution in [0.5, 0.6) is 0 Å². The third-order valence-electron chi connectivity index (χ3n) is 4.72. The van der Waals surface area contributed by atoms with E-state index in [4.69, 9.17) is 28.9 Å². The molecule has 2 N–H and O–H groups in total. The van der Waals surface area contributed by atoms with E-state index in [2.05, 4.69) is 0 Å². The van der Waals surface area contributed by atoms with E-state index in [9.17, 15) is 0 Å². The average molecular weight is 270 g/mol. The van der Waals surface area contributed by atoms with Gasteiger partial charge in [-0.25, -0.2) is 0 Å². The van der Waals surface area contributed by atoms with Gasteiger partial charge in [-0.2, -0.15) is 0 Å². The highest BCUT2D eigenvalue weighted by molar-refractivity contribution is 6.36. The quantitative estimate of drug-likeness (QED) is 0.858. The minimum atomic E-state index is 0.0375. The van der Waals surface area contributed by atoms with E-state index >= 15 is 0 Å². The molecule has 2 saturated carbocycles. The van der Waals surface area contributed by atoms with Gasteiger partial charge in [0.1, 0.15) is 0 Å². The van der Waals surface area contributed by atoms with Crippen molar-refractivity contribution >= 4 is 23.2 Å². The van der Waals surface area contributed by atoms with Gasteiger partial charge in [0.25, 0.3) is 0 Å². The first-order chi connectivity index (χ1) is 8.11. The Hall–Kier alpha value is -0.240. The summed E-state index contributed by atoms with van der Waals surface area (Å²) < 4.78 is 0. The normalized spacial score (nSPS) is 24.2. The molecule has 0 unspecified atom stereocenters. The number of hydrogen-bond donors (Lipinski definition) is 1. The lowest BCUT2D eigenvalue weighted by atomic mass is 9.44. The Morgan fingerprint density at radius 2 is 1.71 bits per heavy atom. The van der Waals surface area contributed by atoms with Gasteiger partial charge in [-0.1, -0.05) is 35.7 Å². The average Bonchev–Trinajstić information content (AvgIpc) is 2.18. The van der Waals surface area contributed by atoms with E-state index in [0.717, 1.165) is 15.6 Å². The van der Waals surface area contributed by atoms with Crippen molar-refractivity contribution in [3.8, 4) is 0 Å². The standard InChI is InChI=1S/C14H17Cl2N/c15-10-3-1-4-11(16)12(10)14(9-17)7-13(8-14)5-2-6-13/h1,3-4H,2,5-9,17H2. The van der Waals surface area contributed by atoms with Gasteiger partial charge in [-0.15, -0.1) is 0 Å². The molecule has 3 heteroatoms. The van der Waals surface area contributed by atoms with Crippen LogP contribution in [0.15, 0.2) is 18.2 Å². The van der Waals surface area contributed by atoms with Crippen molar-refractivity contribution in [1.29, 1.82) is 0 Å². The molecule has 0 heterocycles. The zero-order valence-corrected chi connectivity index (χ0v) is 11.3. The number of benzene rings is 1. The van der Waals surface area contributed by atoms with Crippen LogP contribution in [0.25, 0.3) is 0 Å². The van der Waals surface area contributed by atoms with E-state index in [1.54, 1.807) is 0 Å². The van der Waals surface area contributed by atoms with Crippen molar-refractivity contribution in [3.63, 3.8) is 0 Å². The molecule has 1 spiro atoms. The van der Waals surface area contributed by atoms with Crippen LogP contribution in [0.4, 0.5) is 0 Å². The van der Waals surface area contributed by atoms with Crippen LogP contribution < -0.4 is 5.73 Å². The predicted molar refractivity (Wildman–Crippen MR) is 72.7 cm³/mol. The summed E-state index contributed by atoms with van der Waals surface area (Å²) >= 11 is 12.6. The highest BCUT2D eigenvalue weighted by Gasteiger charge is 2.57. The van der Waals surface area contributed by atoms with Crippen molar-refractivity contribution < 1.29 is 0 Å². The highest BCUT2D eigenvalue weighted by Crippen LogP contribution is 2.65. The van der Waals surface area contributed by atoms with Gasteiger partial charge in [-0.3, -0.25) is 0 Å². The molecule has 0 aromatic heterocycles. The Kier molecular flexibility index (Phi) is 2.70. The first-order valence-electron chi connectivity index (χ1n) is 6.26. The SMILES string of the molecule is NCC1(c2c(Cl)cccc2Cl)CC2(CCC2)C1. The molecular formula is C14H17Cl2N. The summed E-state index contributed by atoms with van der Waals surface area (Å²) in [5.41, 5.74) is 7.72. The minimum absolute atomic E-state index is 0.0375. The number of nitrogens with two attached hydrogens (primary N) is 1. The van der Waals surface area contributed by atoms with Gasteiger partial charge in [0.2, 0.25) is 0 Å². The Labute approximate surface area is 112 Å². The molecule has 1 aromatic carbocycles. The van der Waals surface area contributed by atoms with Gasteiger partial charge in [0.15, 0.2) is 0 Å². The van der Waals surface area contributed by atoms with Crippen LogP contribution in [0, 0.1) is 5.41 Å². The molecule has 0 saturated heterocycles. The van der Waals surface area contributed by atoms with Crippen molar-refractivity contribution in [3.05, 3.63) is 33.8 Å². The molecule has 0 radical (unpaired) electrons. The summed E-state index contributed by atoms with van der Waals surface area (Å²) in [5, 5.41) is 1.55. The molecule has 0 atom stereocenters. The molecule has 0 bridgehead atoms. The molecule has 17 heavy (non-hydrogen) atoms. The second kappa shape index (κ2) is 3.88. The monoisotopic (exact) mass is 269 g/mol. The fraction of sp³-hybridized carbons (Fsp3) is 0.571. The molecule has 0 amide bonds. The van der Waals surface area contributed by atoms with Crippen molar-refractivity contribution in [2.24, 2.45) is 11.1 Å². The summed E-state index contributed by atoms with van der Waals surface area (Å²) in [7, 11) is 0. The van der Waals surface area contributed by atoms with E-state index in [0.29, 0.717) is 12.0 Å². The lowest BCUT2D eigenvalue weighted by molar-refractivity contribution is -0.0445. The van der Waals surface area contributed by atoms with E-state index < -0.39 is 0 Å². The van der Waals surface area contributed by atoms with Gasteiger partial charge in [0, 0.05) is 22.0 Å². The number of rotatable bonds is 2. The Morgan fingerprint density at radius 1 is 1.12 bits per heavy atom. The Morgan fingerprint density at radius 3 is 2.12 bits per heavy atom. The summed E-state index contributed by atoms with van der Waals surface area (Å²) in [4.78, 5) is 0. The lowest BCUT2D eigenvalue weighted by Crippen LogP contribution is -2.56. The zero-order valence-electron chi connectivity index (χ0n) is 9.81. The zero-order chi connectivity index (χ0) is 12.1. The lowest BCUT2D eigenvalue weighted by Gasteiger charge is -2.61. The molecule has 92 valence electrons. The molecule has 3 rings (SSSR count). The molecule has 0 aliphatic heterocycles. The number of hydrogen-bond acceptors (Lipinski definition) is 1. The topological polar surface area (TPSA) is 26.0 Å².